The summed E-state index contributed by atoms with van der Waals surface area (Å²) < 4.78 is 0. The van der Waals surface area contributed by atoms with Crippen LogP contribution >= 0.6 is 23.1 Å². The van der Waals surface area contributed by atoms with Crippen LogP contribution in [0.25, 0.3) is 0 Å². The summed E-state index contributed by atoms with van der Waals surface area (Å²) in [5.41, 5.74) is 6.98. The minimum Gasteiger partial charge on any atom is -0.323 e. The maximum absolute atomic E-state index is 5.90. The third kappa shape index (κ3) is 3.31. The number of nitrogens with two attached hydrogens (primary N) is 1. The largest absolute Gasteiger partial charge is 0.323 e. The number of aryl methyl sites for hydroxylation is 1. The van der Waals surface area contributed by atoms with Crippen LogP contribution in [-0.2, 0) is 5.75 Å². The van der Waals surface area contributed by atoms with Gasteiger partial charge in [0.2, 0.25) is 0 Å². The molecule has 0 fully saturated rings. The molecular weight excluding hydrogens is 248 g/mol. The molecular formula is C13H16N2S2. The first-order valence-corrected chi connectivity index (χ1v) is 7.36. The lowest BCUT2D eigenvalue weighted by molar-refractivity contribution is 0.825. The van der Waals surface area contributed by atoms with E-state index in [1.54, 1.807) is 11.3 Å². The molecule has 0 aliphatic carbocycles. The summed E-state index contributed by atoms with van der Waals surface area (Å²) in [5.74, 6) is 0.919. The fraction of sp³-hybridized carbons (Fsp3) is 0.308. The number of hydrogen-bond acceptors (Lipinski definition) is 4. The van der Waals surface area contributed by atoms with Crippen molar-refractivity contribution in [1.82, 2.24) is 4.98 Å². The summed E-state index contributed by atoms with van der Waals surface area (Å²) >= 11 is 3.54. The average molecular weight is 264 g/mol. The Labute approximate surface area is 110 Å². The van der Waals surface area contributed by atoms with Crippen molar-refractivity contribution in [2.24, 2.45) is 5.73 Å². The van der Waals surface area contributed by atoms with Gasteiger partial charge in [-0.1, -0.05) is 18.2 Å². The Kier molecular flexibility index (Phi) is 4.20. The molecule has 0 saturated heterocycles. The molecule has 2 aromatic rings. The van der Waals surface area contributed by atoms with Crippen molar-refractivity contribution >= 4 is 23.1 Å². The van der Waals surface area contributed by atoms with Crippen molar-refractivity contribution < 1.29 is 0 Å². The fourth-order valence-corrected chi connectivity index (χ4v) is 3.54. The lowest BCUT2D eigenvalue weighted by Gasteiger charge is -2.00. The van der Waals surface area contributed by atoms with E-state index >= 15 is 0 Å². The molecule has 0 radical (unpaired) electrons. The van der Waals surface area contributed by atoms with Gasteiger partial charge >= 0.3 is 0 Å². The van der Waals surface area contributed by atoms with Crippen molar-refractivity contribution in [2.75, 3.05) is 0 Å². The van der Waals surface area contributed by atoms with E-state index in [1.807, 2.05) is 31.7 Å². The van der Waals surface area contributed by atoms with Gasteiger partial charge in [-0.05, 0) is 26.0 Å². The Morgan fingerprint density at radius 3 is 2.65 bits per heavy atom. The van der Waals surface area contributed by atoms with Crippen LogP contribution in [0.3, 0.4) is 0 Å². The van der Waals surface area contributed by atoms with Crippen LogP contribution in [0.15, 0.2) is 35.2 Å². The summed E-state index contributed by atoms with van der Waals surface area (Å²) in [6.07, 6.45) is 0. The van der Waals surface area contributed by atoms with Crippen molar-refractivity contribution in [2.45, 2.75) is 30.5 Å². The number of hydrogen-bond donors (Lipinski definition) is 1. The van der Waals surface area contributed by atoms with Gasteiger partial charge in [0, 0.05) is 15.8 Å². The van der Waals surface area contributed by atoms with Crippen LogP contribution in [0.2, 0.25) is 0 Å². The molecule has 2 nitrogen and oxygen atoms in total. The Morgan fingerprint density at radius 1 is 1.35 bits per heavy atom. The molecule has 0 amide bonds. The number of benzene rings is 1. The van der Waals surface area contributed by atoms with Crippen LogP contribution in [0.5, 0.6) is 0 Å². The average Bonchev–Trinajstić information content (AvgIpc) is 2.69. The number of thioether (sulfide) groups is 1. The normalized spacial score (nSPS) is 12.6. The Morgan fingerprint density at radius 2 is 2.06 bits per heavy atom. The maximum atomic E-state index is 5.90. The molecule has 2 rings (SSSR count). The van der Waals surface area contributed by atoms with E-state index in [0.717, 1.165) is 16.5 Å². The first-order chi connectivity index (χ1) is 8.16. The molecule has 1 unspecified atom stereocenters. The van der Waals surface area contributed by atoms with Crippen LogP contribution in [-0.4, -0.2) is 4.98 Å². The quantitative estimate of drug-likeness (QED) is 0.854. The molecule has 0 aliphatic rings. The number of rotatable bonds is 4. The van der Waals surface area contributed by atoms with Gasteiger partial charge in [-0.25, -0.2) is 4.98 Å². The molecule has 0 saturated carbocycles. The van der Waals surface area contributed by atoms with Crippen LogP contribution in [0.4, 0.5) is 0 Å². The summed E-state index contributed by atoms with van der Waals surface area (Å²) in [6, 6.07) is 10.5. The second-order valence-corrected chi connectivity index (χ2v) is 6.11. The Balaban J connectivity index is 2.02. The minimum atomic E-state index is 0.0861. The van der Waals surface area contributed by atoms with E-state index in [2.05, 4.69) is 29.2 Å². The zero-order valence-corrected chi connectivity index (χ0v) is 11.6. The molecule has 1 aromatic heterocycles. The van der Waals surface area contributed by atoms with E-state index in [0.29, 0.717) is 0 Å². The smallest absolute Gasteiger partial charge is 0.103 e. The van der Waals surface area contributed by atoms with E-state index in [-0.39, 0.29) is 6.04 Å². The summed E-state index contributed by atoms with van der Waals surface area (Å²) in [5, 5.41) is 1.16. The molecule has 0 bridgehead atoms. The highest BCUT2D eigenvalue weighted by Crippen LogP contribution is 2.28. The van der Waals surface area contributed by atoms with Gasteiger partial charge in [0.15, 0.2) is 0 Å². The third-order valence-corrected chi connectivity index (χ3v) is 4.96. The van der Waals surface area contributed by atoms with Crippen molar-refractivity contribution in [3.8, 4) is 0 Å². The lowest BCUT2D eigenvalue weighted by Crippen LogP contribution is -2.03. The second-order valence-electron chi connectivity index (χ2n) is 3.95. The highest BCUT2D eigenvalue weighted by atomic mass is 32.2. The number of thiazole rings is 1. The zero-order chi connectivity index (χ0) is 12.3. The minimum absolute atomic E-state index is 0.0861. The van der Waals surface area contributed by atoms with E-state index in [1.165, 1.54) is 9.77 Å². The van der Waals surface area contributed by atoms with Gasteiger partial charge in [0.05, 0.1) is 11.4 Å². The van der Waals surface area contributed by atoms with Gasteiger partial charge in [-0.3, -0.25) is 0 Å². The third-order valence-electron chi connectivity index (χ3n) is 2.40. The standard InChI is InChI=1S/C13H16N2S2/c1-9(14)13-10(2)15-12(17-13)8-16-11-6-4-3-5-7-11/h3-7,9H,8,14H2,1-2H3. The topological polar surface area (TPSA) is 38.9 Å². The predicted octanol–water partition coefficient (Wildman–Crippen LogP) is 3.76. The van der Waals surface area contributed by atoms with Crippen molar-refractivity contribution in [1.29, 1.82) is 0 Å². The molecule has 2 N–H and O–H groups in total. The second kappa shape index (κ2) is 5.67. The first-order valence-electron chi connectivity index (χ1n) is 5.56. The Bertz CT molecular complexity index is 477. The van der Waals surface area contributed by atoms with Gasteiger partial charge in [-0.15, -0.1) is 23.1 Å². The molecule has 90 valence electrons. The highest BCUT2D eigenvalue weighted by Gasteiger charge is 2.10. The SMILES string of the molecule is Cc1nc(CSc2ccccc2)sc1C(C)N. The predicted molar refractivity (Wildman–Crippen MR) is 75.5 cm³/mol. The highest BCUT2D eigenvalue weighted by molar-refractivity contribution is 7.98. The van der Waals surface area contributed by atoms with Gasteiger partial charge in [0.1, 0.15) is 5.01 Å². The van der Waals surface area contributed by atoms with Crippen molar-refractivity contribution in [3.05, 3.63) is 45.9 Å². The molecule has 0 aliphatic heterocycles. The molecule has 4 heteroatoms. The van der Waals surface area contributed by atoms with Gasteiger partial charge in [-0.2, -0.15) is 0 Å². The van der Waals surface area contributed by atoms with Crippen LogP contribution in [0, 0.1) is 6.92 Å². The summed E-state index contributed by atoms with van der Waals surface area (Å²) in [6.45, 7) is 4.04. The van der Waals surface area contributed by atoms with E-state index in [4.69, 9.17) is 5.73 Å². The Hall–Kier alpha value is -0.840. The molecule has 1 heterocycles. The summed E-state index contributed by atoms with van der Waals surface area (Å²) in [4.78, 5) is 7.05. The lowest BCUT2D eigenvalue weighted by atomic mass is 10.2. The summed E-state index contributed by atoms with van der Waals surface area (Å²) in [7, 11) is 0. The van der Waals surface area contributed by atoms with Gasteiger partial charge in [0.25, 0.3) is 0 Å². The fourth-order valence-electron chi connectivity index (χ4n) is 1.61. The van der Waals surface area contributed by atoms with Crippen molar-refractivity contribution in [3.63, 3.8) is 0 Å². The molecule has 17 heavy (non-hydrogen) atoms. The monoisotopic (exact) mass is 264 g/mol. The maximum Gasteiger partial charge on any atom is 0.103 e. The van der Waals surface area contributed by atoms with E-state index in [9.17, 15) is 0 Å². The molecule has 1 atom stereocenters. The van der Waals surface area contributed by atoms with Crippen LogP contribution in [0.1, 0.15) is 28.5 Å². The zero-order valence-electron chi connectivity index (χ0n) is 10.0. The first kappa shape index (κ1) is 12.6. The van der Waals surface area contributed by atoms with Gasteiger partial charge < -0.3 is 5.73 Å². The molecule has 1 aromatic carbocycles. The van der Waals surface area contributed by atoms with Crippen LogP contribution < -0.4 is 5.73 Å². The number of nitrogens with zero attached hydrogens (tertiary/aromatic N) is 1. The van der Waals surface area contributed by atoms with E-state index < -0.39 is 0 Å². The molecule has 0 spiro atoms. The number of aromatic nitrogens is 1.